The van der Waals surface area contributed by atoms with Gasteiger partial charge in [0, 0.05) is 44.7 Å². The van der Waals surface area contributed by atoms with Crippen molar-refractivity contribution in [2.45, 2.75) is 19.9 Å². The largest absolute Gasteiger partial charge is 0.383 e. The third-order valence-corrected chi connectivity index (χ3v) is 2.83. The van der Waals surface area contributed by atoms with E-state index < -0.39 is 0 Å². The van der Waals surface area contributed by atoms with Crippen molar-refractivity contribution in [3.8, 4) is 0 Å². The lowest BCUT2D eigenvalue weighted by Crippen LogP contribution is -2.20. The molecule has 0 unspecified atom stereocenters. The van der Waals surface area contributed by atoms with Crippen molar-refractivity contribution < 1.29 is 4.74 Å². The first-order chi connectivity index (χ1) is 9.78. The van der Waals surface area contributed by atoms with Gasteiger partial charge in [-0.2, -0.15) is 0 Å². The molecule has 0 atom stereocenters. The number of hydrogen-bond acceptors (Lipinski definition) is 5. The zero-order valence-electron chi connectivity index (χ0n) is 12.0. The van der Waals surface area contributed by atoms with E-state index in [1.54, 1.807) is 13.3 Å². The molecule has 0 aliphatic carbocycles. The van der Waals surface area contributed by atoms with Crippen LogP contribution in [0.3, 0.4) is 0 Å². The quantitative estimate of drug-likeness (QED) is 0.774. The Balaban J connectivity index is 2.01. The maximum Gasteiger partial charge on any atom is 0.133 e. The van der Waals surface area contributed by atoms with Crippen LogP contribution in [0.15, 0.2) is 30.6 Å². The normalized spacial score (nSPS) is 10.7. The van der Waals surface area contributed by atoms with Crippen molar-refractivity contribution in [2.24, 2.45) is 0 Å². The van der Waals surface area contributed by atoms with Gasteiger partial charge in [-0.25, -0.2) is 9.97 Å². The van der Waals surface area contributed by atoms with Crippen molar-refractivity contribution in [3.63, 3.8) is 0 Å². The molecule has 2 aromatic rings. The van der Waals surface area contributed by atoms with Crippen LogP contribution >= 0.6 is 0 Å². The molecular weight excluding hydrogens is 252 g/mol. The second-order valence-electron chi connectivity index (χ2n) is 4.62. The molecule has 5 nitrogen and oxygen atoms in total. The van der Waals surface area contributed by atoms with Crippen LogP contribution in [-0.4, -0.2) is 35.2 Å². The van der Waals surface area contributed by atoms with Gasteiger partial charge in [0.05, 0.1) is 12.3 Å². The number of rotatable bonds is 7. The van der Waals surface area contributed by atoms with E-state index in [0.29, 0.717) is 13.0 Å². The molecule has 20 heavy (non-hydrogen) atoms. The summed E-state index contributed by atoms with van der Waals surface area (Å²) in [5, 5.41) is 3.29. The summed E-state index contributed by atoms with van der Waals surface area (Å²) in [5.41, 5.74) is 3.12. The Bertz CT molecular complexity index is 531. The number of nitrogens with zero attached hydrogens (tertiary/aromatic N) is 3. The van der Waals surface area contributed by atoms with E-state index >= 15 is 0 Å². The van der Waals surface area contributed by atoms with Crippen molar-refractivity contribution in [1.82, 2.24) is 20.3 Å². The van der Waals surface area contributed by atoms with Crippen LogP contribution < -0.4 is 5.32 Å². The van der Waals surface area contributed by atoms with Gasteiger partial charge in [-0.3, -0.25) is 4.98 Å². The molecule has 0 saturated carbocycles. The summed E-state index contributed by atoms with van der Waals surface area (Å²) in [5.74, 6) is 0.835. The highest BCUT2D eigenvalue weighted by Gasteiger charge is 2.04. The van der Waals surface area contributed by atoms with E-state index in [2.05, 4.69) is 20.3 Å². The zero-order chi connectivity index (χ0) is 14.2. The van der Waals surface area contributed by atoms with Crippen LogP contribution in [0.2, 0.25) is 0 Å². The van der Waals surface area contributed by atoms with Gasteiger partial charge in [-0.1, -0.05) is 6.07 Å². The third kappa shape index (κ3) is 4.68. The first kappa shape index (κ1) is 14.6. The summed E-state index contributed by atoms with van der Waals surface area (Å²) in [6.45, 7) is 4.24. The number of aryl methyl sites for hydroxylation is 1. The predicted octanol–water partition coefficient (Wildman–Crippen LogP) is 1.51. The number of aromatic nitrogens is 3. The van der Waals surface area contributed by atoms with E-state index in [4.69, 9.17) is 4.74 Å². The molecule has 0 bridgehead atoms. The molecule has 0 aromatic carbocycles. The summed E-state index contributed by atoms with van der Waals surface area (Å²) in [4.78, 5) is 13.2. The first-order valence-corrected chi connectivity index (χ1v) is 6.70. The third-order valence-electron chi connectivity index (χ3n) is 2.83. The second-order valence-corrected chi connectivity index (χ2v) is 4.62. The lowest BCUT2D eigenvalue weighted by atomic mass is 10.2. The number of pyridine rings is 1. The van der Waals surface area contributed by atoms with Gasteiger partial charge in [0.15, 0.2) is 0 Å². The van der Waals surface area contributed by atoms with Gasteiger partial charge in [0.1, 0.15) is 5.82 Å². The van der Waals surface area contributed by atoms with Gasteiger partial charge in [-0.15, -0.1) is 0 Å². The maximum absolute atomic E-state index is 5.00. The molecule has 5 heteroatoms. The molecule has 0 saturated heterocycles. The summed E-state index contributed by atoms with van der Waals surface area (Å²) in [7, 11) is 1.70. The van der Waals surface area contributed by atoms with Crippen molar-refractivity contribution in [2.75, 3.05) is 20.3 Å². The zero-order valence-corrected chi connectivity index (χ0v) is 12.0. The smallest absolute Gasteiger partial charge is 0.133 e. The lowest BCUT2D eigenvalue weighted by molar-refractivity contribution is 0.199. The van der Waals surface area contributed by atoms with Crippen molar-refractivity contribution in [1.29, 1.82) is 0 Å². The van der Waals surface area contributed by atoms with Gasteiger partial charge < -0.3 is 10.1 Å². The van der Waals surface area contributed by atoms with E-state index in [1.165, 1.54) is 0 Å². The SMILES string of the molecule is COCCNCc1cc(C)nc(Cc2cccnc2)n1. The predicted molar refractivity (Wildman–Crippen MR) is 77.4 cm³/mol. The van der Waals surface area contributed by atoms with Gasteiger partial charge >= 0.3 is 0 Å². The summed E-state index contributed by atoms with van der Waals surface area (Å²) in [6, 6.07) is 5.97. The van der Waals surface area contributed by atoms with Gasteiger partial charge in [0.25, 0.3) is 0 Å². The van der Waals surface area contributed by atoms with Crippen LogP contribution in [-0.2, 0) is 17.7 Å². The molecular formula is C15H20N4O. The van der Waals surface area contributed by atoms with Crippen molar-refractivity contribution >= 4 is 0 Å². The summed E-state index contributed by atoms with van der Waals surface area (Å²) < 4.78 is 5.00. The lowest BCUT2D eigenvalue weighted by Gasteiger charge is -2.07. The fourth-order valence-electron chi connectivity index (χ4n) is 1.95. The highest BCUT2D eigenvalue weighted by Crippen LogP contribution is 2.06. The molecule has 0 radical (unpaired) electrons. The van der Waals surface area contributed by atoms with Crippen LogP contribution in [0.4, 0.5) is 0 Å². The maximum atomic E-state index is 5.00. The first-order valence-electron chi connectivity index (χ1n) is 6.70. The summed E-state index contributed by atoms with van der Waals surface area (Å²) >= 11 is 0. The topological polar surface area (TPSA) is 59.9 Å². The highest BCUT2D eigenvalue weighted by molar-refractivity contribution is 5.17. The Kier molecular flexibility index (Phi) is 5.58. The molecule has 0 aliphatic heterocycles. The Morgan fingerprint density at radius 1 is 1.30 bits per heavy atom. The number of ether oxygens (including phenoxy) is 1. The van der Waals surface area contributed by atoms with E-state index in [1.807, 2.05) is 31.3 Å². The van der Waals surface area contributed by atoms with Gasteiger partial charge in [-0.05, 0) is 24.6 Å². The molecule has 1 N–H and O–H groups in total. The van der Waals surface area contributed by atoms with E-state index in [0.717, 1.165) is 35.9 Å². The molecule has 0 spiro atoms. The molecule has 2 heterocycles. The standard InChI is InChI=1S/C15H20N4O/c1-12-8-14(11-17-6-7-20-2)19-15(18-12)9-13-4-3-5-16-10-13/h3-5,8,10,17H,6-7,9,11H2,1-2H3. The fraction of sp³-hybridized carbons (Fsp3) is 0.400. The number of methoxy groups -OCH3 is 1. The highest BCUT2D eigenvalue weighted by atomic mass is 16.5. The molecule has 0 fully saturated rings. The molecule has 0 aliphatic rings. The number of hydrogen-bond donors (Lipinski definition) is 1. The molecule has 0 amide bonds. The minimum Gasteiger partial charge on any atom is -0.383 e. The Hall–Kier alpha value is -1.85. The monoisotopic (exact) mass is 272 g/mol. The van der Waals surface area contributed by atoms with Gasteiger partial charge in [0.2, 0.25) is 0 Å². The fourth-order valence-corrected chi connectivity index (χ4v) is 1.95. The van der Waals surface area contributed by atoms with Crippen molar-refractivity contribution in [3.05, 3.63) is 53.4 Å². The molecule has 2 aromatic heterocycles. The average Bonchev–Trinajstić information content (AvgIpc) is 2.44. The van der Waals surface area contributed by atoms with Crippen LogP contribution in [0.25, 0.3) is 0 Å². The van der Waals surface area contributed by atoms with Crippen LogP contribution in [0.5, 0.6) is 0 Å². The number of nitrogens with one attached hydrogen (secondary N) is 1. The molecule has 2 rings (SSSR count). The van der Waals surface area contributed by atoms with Crippen LogP contribution in [0, 0.1) is 6.92 Å². The Morgan fingerprint density at radius 2 is 2.20 bits per heavy atom. The summed E-state index contributed by atoms with van der Waals surface area (Å²) in [6.07, 6.45) is 4.33. The second kappa shape index (κ2) is 7.67. The van der Waals surface area contributed by atoms with E-state index in [9.17, 15) is 0 Å². The van der Waals surface area contributed by atoms with E-state index in [-0.39, 0.29) is 0 Å². The van der Waals surface area contributed by atoms with Crippen LogP contribution in [0.1, 0.15) is 22.8 Å². The molecule has 106 valence electrons. The minimum atomic E-state index is 0.701. The Labute approximate surface area is 119 Å². The Morgan fingerprint density at radius 3 is 2.95 bits per heavy atom. The minimum absolute atomic E-state index is 0.701. The average molecular weight is 272 g/mol.